The second-order valence-corrected chi connectivity index (χ2v) is 4.83. The highest BCUT2D eigenvalue weighted by molar-refractivity contribution is 7.16. The number of rotatable bonds is 1. The molecule has 0 aliphatic carbocycles. The van der Waals surface area contributed by atoms with Crippen LogP contribution in [-0.4, -0.2) is 22.7 Å². The molecule has 1 aliphatic heterocycles. The molecule has 3 nitrogen and oxygen atoms in total. The van der Waals surface area contributed by atoms with Crippen molar-refractivity contribution in [3.63, 3.8) is 0 Å². The predicted octanol–water partition coefficient (Wildman–Crippen LogP) is 2.49. The maximum absolute atomic E-state index is 4.66. The average molecular weight is 229 g/mol. The fourth-order valence-electron chi connectivity index (χ4n) is 1.76. The first-order valence-corrected chi connectivity index (χ1v) is 6.07. The van der Waals surface area contributed by atoms with E-state index in [1.54, 1.807) is 11.3 Å². The van der Waals surface area contributed by atoms with Crippen molar-refractivity contribution in [1.29, 1.82) is 0 Å². The van der Waals surface area contributed by atoms with Gasteiger partial charge in [0, 0.05) is 36.6 Å². The molecular weight excluding hydrogens is 218 g/mol. The molecule has 0 bridgehead atoms. The Morgan fingerprint density at radius 2 is 2.31 bits per heavy atom. The minimum Gasteiger partial charge on any atom is -0.291 e. The Morgan fingerprint density at radius 1 is 1.38 bits per heavy atom. The standard InChI is InChI=1S/C12H11N3S/c1-8-6-9(2-5-14-8)12-15-10-3-4-13-7-11(10)16-12/h2,5-7H,3-4H2,1H3. The highest BCUT2D eigenvalue weighted by Crippen LogP contribution is 2.28. The molecule has 0 aromatic carbocycles. The van der Waals surface area contributed by atoms with E-state index in [1.807, 2.05) is 25.4 Å². The highest BCUT2D eigenvalue weighted by Gasteiger charge is 2.13. The molecule has 3 heterocycles. The Hall–Kier alpha value is -1.55. The van der Waals surface area contributed by atoms with E-state index < -0.39 is 0 Å². The van der Waals surface area contributed by atoms with Crippen molar-refractivity contribution >= 4 is 17.6 Å². The van der Waals surface area contributed by atoms with E-state index >= 15 is 0 Å². The normalized spacial score (nSPS) is 13.8. The van der Waals surface area contributed by atoms with Gasteiger partial charge in [-0.3, -0.25) is 9.98 Å². The molecule has 0 unspecified atom stereocenters. The molecule has 4 heteroatoms. The molecular formula is C12H11N3S. The lowest BCUT2D eigenvalue weighted by Gasteiger charge is -1.99. The molecule has 16 heavy (non-hydrogen) atoms. The molecule has 2 aromatic heterocycles. The maximum atomic E-state index is 4.66. The lowest BCUT2D eigenvalue weighted by molar-refractivity contribution is 0.922. The minimum absolute atomic E-state index is 0.867. The third-order valence-electron chi connectivity index (χ3n) is 2.56. The second kappa shape index (κ2) is 3.79. The lowest BCUT2D eigenvalue weighted by Crippen LogP contribution is -1.99. The number of aliphatic imine (C=N–C) groups is 1. The van der Waals surface area contributed by atoms with Crippen molar-refractivity contribution in [3.05, 3.63) is 34.6 Å². The van der Waals surface area contributed by atoms with Crippen LogP contribution in [0.25, 0.3) is 10.6 Å². The molecule has 2 aromatic rings. The molecule has 0 amide bonds. The first kappa shape index (κ1) is 9.66. The summed E-state index contributed by atoms with van der Waals surface area (Å²) in [6.45, 7) is 2.87. The summed E-state index contributed by atoms with van der Waals surface area (Å²) in [7, 11) is 0. The van der Waals surface area contributed by atoms with Crippen LogP contribution in [0.3, 0.4) is 0 Å². The number of thiazole rings is 1. The molecule has 3 rings (SSSR count). The smallest absolute Gasteiger partial charge is 0.124 e. The van der Waals surface area contributed by atoms with Crippen molar-refractivity contribution in [2.75, 3.05) is 6.54 Å². The topological polar surface area (TPSA) is 38.1 Å². The van der Waals surface area contributed by atoms with E-state index in [2.05, 4.69) is 21.0 Å². The van der Waals surface area contributed by atoms with Crippen molar-refractivity contribution < 1.29 is 0 Å². The predicted molar refractivity (Wildman–Crippen MR) is 66.2 cm³/mol. The first-order chi connectivity index (χ1) is 7.83. The summed E-state index contributed by atoms with van der Waals surface area (Å²) >= 11 is 1.71. The molecule has 0 spiro atoms. The van der Waals surface area contributed by atoms with Crippen LogP contribution in [0.1, 0.15) is 16.3 Å². The van der Waals surface area contributed by atoms with Gasteiger partial charge in [0.1, 0.15) is 5.01 Å². The van der Waals surface area contributed by atoms with Crippen molar-refractivity contribution in [2.24, 2.45) is 4.99 Å². The molecule has 1 aliphatic rings. The molecule has 0 atom stereocenters. The Morgan fingerprint density at radius 3 is 3.12 bits per heavy atom. The summed E-state index contributed by atoms with van der Waals surface area (Å²) < 4.78 is 0. The zero-order chi connectivity index (χ0) is 11.0. The van der Waals surface area contributed by atoms with Gasteiger partial charge < -0.3 is 0 Å². The van der Waals surface area contributed by atoms with Gasteiger partial charge in [0.05, 0.1) is 10.6 Å². The maximum Gasteiger partial charge on any atom is 0.124 e. The number of pyridine rings is 1. The SMILES string of the molecule is Cc1cc(-c2nc3c(s2)C=NCC3)ccn1. The number of fused-ring (bicyclic) bond motifs is 1. The van der Waals surface area contributed by atoms with Crippen LogP contribution < -0.4 is 0 Å². The van der Waals surface area contributed by atoms with Crippen LogP contribution in [0, 0.1) is 6.92 Å². The first-order valence-electron chi connectivity index (χ1n) is 5.25. The third-order valence-corrected chi connectivity index (χ3v) is 3.64. The summed E-state index contributed by atoms with van der Waals surface area (Å²) in [4.78, 5) is 14.3. The zero-order valence-electron chi connectivity index (χ0n) is 8.97. The largest absolute Gasteiger partial charge is 0.291 e. The molecule has 0 N–H and O–H groups in total. The van der Waals surface area contributed by atoms with Crippen LogP contribution >= 0.6 is 11.3 Å². The van der Waals surface area contributed by atoms with Crippen molar-refractivity contribution in [3.8, 4) is 10.6 Å². The van der Waals surface area contributed by atoms with Gasteiger partial charge in [0.25, 0.3) is 0 Å². The van der Waals surface area contributed by atoms with E-state index in [-0.39, 0.29) is 0 Å². The van der Waals surface area contributed by atoms with E-state index in [4.69, 9.17) is 0 Å². The van der Waals surface area contributed by atoms with Crippen LogP contribution in [-0.2, 0) is 6.42 Å². The number of hydrogen-bond acceptors (Lipinski definition) is 4. The quantitative estimate of drug-likeness (QED) is 0.753. The lowest BCUT2D eigenvalue weighted by atomic mass is 10.2. The number of aryl methyl sites for hydroxylation is 1. The molecule has 0 saturated carbocycles. The molecule has 0 radical (unpaired) electrons. The molecule has 0 saturated heterocycles. The zero-order valence-corrected chi connectivity index (χ0v) is 9.79. The van der Waals surface area contributed by atoms with E-state index in [0.717, 1.165) is 29.2 Å². The Kier molecular flexibility index (Phi) is 2.29. The van der Waals surface area contributed by atoms with Crippen molar-refractivity contribution in [1.82, 2.24) is 9.97 Å². The van der Waals surface area contributed by atoms with E-state index in [1.165, 1.54) is 10.6 Å². The Labute approximate surface area is 97.9 Å². The van der Waals surface area contributed by atoms with Gasteiger partial charge in [-0.2, -0.15) is 0 Å². The number of nitrogens with zero attached hydrogens (tertiary/aromatic N) is 3. The fraction of sp³-hybridized carbons (Fsp3) is 0.250. The second-order valence-electron chi connectivity index (χ2n) is 3.80. The molecule has 0 fully saturated rings. The van der Waals surface area contributed by atoms with Gasteiger partial charge in [-0.1, -0.05) is 0 Å². The van der Waals surface area contributed by atoms with Gasteiger partial charge in [0.15, 0.2) is 0 Å². The third kappa shape index (κ3) is 1.65. The summed E-state index contributed by atoms with van der Waals surface area (Å²) in [5.41, 5.74) is 3.36. The molecule has 80 valence electrons. The number of hydrogen-bond donors (Lipinski definition) is 0. The van der Waals surface area contributed by atoms with Gasteiger partial charge in [0.2, 0.25) is 0 Å². The van der Waals surface area contributed by atoms with Gasteiger partial charge in [-0.25, -0.2) is 4.98 Å². The fourth-order valence-corrected chi connectivity index (χ4v) is 2.77. The van der Waals surface area contributed by atoms with Crippen LogP contribution in [0.4, 0.5) is 0 Å². The monoisotopic (exact) mass is 229 g/mol. The Bertz CT molecular complexity index is 557. The van der Waals surface area contributed by atoms with E-state index in [0.29, 0.717) is 0 Å². The number of aromatic nitrogens is 2. The van der Waals surface area contributed by atoms with Crippen LogP contribution in [0.5, 0.6) is 0 Å². The summed E-state index contributed by atoms with van der Waals surface area (Å²) in [6, 6.07) is 4.08. The van der Waals surface area contributed by atoms with Gasteiger partial charge in [-0.05, 0) is 19.1 Å². The van der Waals surface area contributed by atoms with Crippen molar-refractivity contribution in [2.45, 2.75) is 13.3 Å². The van der Waals surface area contributed by atoms with Gasteiger partial charge in [-0.15, -0.1) is 11.3 Å². The summed E-state index contributed by atoms with van der Waals surface area (Å²) in [5, 5.41) is 1.07. The summed E-state index contributed by atoms with van der Waals surface area (Å²) in [6.07, 6.45) is 4.74. The van der Waals surface area contributed by atoms with E-state index in [9.17, 15) is 0 Å². The van der Waals surface area contributed by atoms with Gasteiger partial charge >= 0.3 is 0 Å². The van der Waals surface area contributed by atoms with Crippen LogP contribution in [0.2, 0.25) is 0 Å². The summed E-state index contributed by atoms with van der Waals surface area (Å²) in [5.74, 6) is 0. The Balaban J connectivity index is 2.07. The highest BCUT2D eigenvalue weighted by atomic mass is 32.1. The van der Waals surface area contributed by atoms with Crippen LogP contribution in [0.15, 0.2) is 23.3 Å². The average Bonchev–Trinajstić information content (AvgIpc) is 2.72. The minimum atomic E-state index is 0.867.